The van der Waals surface area contributed by atoms with E-state index in [1.807, 2.05) is 26.0 Å². The number of carbonyl (C=O) groups is 1. The molecular formula is C19H22N2O2. The fourth-order valence-corrected chi connectivity index (χ4v) is 4.76. The molecule has 0 unspecified atom stereocenters. The van der Waals surface area contributed by atoms with E-state index in [9.17, 15) is 15.2 Å². The normalized spacial score (nSPS) is 35.9. The maximum atomic E-state index is 12.5. The Morgan fingerprint density at radius 1 is 1.39 bits per heavy atom. The number of allylic oxidation sites excluding steroid dienone is 2. The van der Waals surface area contributed by atoms with Gasteiger partial charge in [0.05, 0.1) is 11.2 Å². The molecule has 0 amide bonds. The lowest BCUT2D eigenvalue weighted by atomic mass is 9.50. The van der Waals surface area contributed by atoms with Crippen molar-refractivity contribution in [3.05, 3.63) is 41.7 Å². The molecule has 1 saturated carbocycles. The Morgan fingerprint density at radius 2 is 2.13 bits per heavy atom. The molecule has 1 heterocycles. The average Bonchev–Trinajstić information content (AvgIpc) is 2.51. The summed E-state index contributed by atoms with van der Waals surface area (Å²) in [5.74, 6) is 0.0471. The lowest BCUT2D eigenvalue weighted by molar-refractivity contribution is -0.138. The summed E-state index contributed by atoms with van der Waals surface area (Å²) in [6, 6.07) is 5.77. The van der Waals surface area contributed by atoms with Crippen molar-refractivity contribution in [1.82, 2.24) is 4.98 Å². The van der Waals surface area contributed by atoms with E-state index in [0.717, 1.165) is 12.0 Å². The third-order valence-electron chi connectivity index (χ3n) is 5.81. The predicted molar refractivity (Wildman–Crippen MR) is 86.1 cm³/mol. The van der Waals surface area contributed by atoms with Gasteiger partial charge in [-0.25, -0.2) is 0 Å². The van der Waals surface area contributed by atoms with E-state index >= 15 is 0 Å². The molecule has 2 aliphatic rings. The Bertz CT molecular complexity index is 717. The summed E-state index contributed by atoms with van der Waals surface area (Å²) in [6.07, 6.45) is 7.04. The van der Waals surface area contributed by atoms with Gasteiger partial charge in [0.1, 0.15) is 6.07 Å². The summed E-state index contributed by atoms with van der Waals surface area (Å²) in [6.45, 7) is 5.91. The molecule has 1 aromatic rings. The van der Waals surface area contributed by atoms with E-state index in [-0.39, 0.29) is 22.7 Å². The second-order valence-electron chi connectivity index (χ2n) is 7.77. The third-order valence-corrected chi connectivity index (χ3v) is 5.81. The van der Waals surface area contributed by atoms with Gasteiger partial charge >= 0.3 is 0 Å². The van der Waals surface area contributed by atoms with Crippen molar-refractivity contribution >= 4 is 5.78 Å². The van der Waals surface area contributed by atoms with Gasteiger partial charge in [-0.15, -0.1) is 0 Å². The van der Waals surface area contributed by atoms with Crippen LogP contribution in [-0.2, 0) is 10.4 Å². The van der Waals surface area contributed by atoms with Gasteiger partial charge < -0.3 is 5.11 Å². The molecule has 0 aliphatic heterocycles. The Hall–Kier alpha value is -1.99. The lowest BCUT2D eigenvalue weighted by Gasteiger charge is -2.54. The smallest absolute Gasteiger partial charge is 0.178 e. The van der Waals surface area contributed by atoms with Crippen LogP contribution in [0.15, 0.2) is 36.2 Å². The van der Waals surface area contributed by atoms with Gasteiger partial charge in [-0.05, 0) is 36.7 Å². The molecule has 3 rings (SSSR count). The second-order valence-corrected chi connectivity index (χ2v) is 7.77. The number of hydrogen-bond acceptors (Lipinski definition) is 4. The van der Waals surface area contributed by atoms with Crippen molar-refractivity contribution < 1.29 is 9.90 Å². The van der Waals surface area contributed by atoms with Crippen molar-refractivity contribution in [2.75, 3.05) is 0 Å². The van der Waals surface area contributed by atoms with E-state index in [1.54, 1.807) is 18.5 Å². The van der Waals surface area contributed by atoms with Crippen LogP contribution < -0.4 is 0 Å². The highest BCUT2D eigenvalue weighted by molar-refractivity contribution is 6.04. The van der Waals surface area contributed by atoms with Gasteiger partial charge in [-0.1, -0.05) is 32.9 Å². The molecule has 0 radical (unpaired) electrons. The molecule has 1 fully saturated rings. The van der Waals surface area contributed by atoms with Crippen LogP contribution in [0.2, 0.25) is 0 Å². The zero-order chi connectivity index (χ0) is 16.9. The number of aliphatic hydroxyl groups is 1. The largest absolute Gasteiger partial charge is 0.385 e. The highest BCUT2D eigenvalue weighted by atomic mass is 16.3. The fraction of sp³-hybridized carbons (Fsp3) is 0.526. The SMILES string of the molecule is CC1(C)C(=O)C(C#N)=C[C@]2(C)C[C@](O)(c3cccnc3)CC[C@@H]12. The van der Waals surface area contributed by atoms with E-state index in [1.165, 1.54) is 0 Å². The predicted octanol–water partition coefficient (Wildman–Crippen LogP) is 3.13. The average molecular weight is 310 g/mol. The zero-order valence-corrected chi connectivity index (χ0v) is 13.8. The van der Waals surface area contributed by atoms with Crippen LogP contribution in [0.5, 0.6) is 0 Å². The molecule has 2 aliphatic carbocycles. The van der Waals surface area contributed by atoms with Crippen molar-refractivity contribution in [2.45, 2.75) is 45.6 Å². The lowest BCUT2D eigenvalue weighted by Crippen LogP contribution is -2.52. The molecule has 0 bridgehead atoms. The number of rotatable bonds is 1. The molecule has 23 heavy (non-hydrogen) atoms. The van der Waals surface area contributed by atoms with Crippen LogP contribution in [0.4, 0.5) is 0 Å². The summed E-state index contributed by atoms with van der Waals surface area (Å²) in [7, 11) is 0. The Balaban J connectivity index is 2.06. The Kier molecular flexibility index (Phi) is 3.46. The summed E-state index contributed by atoms with van der Waals surface area (Å²) in [5, 5.41) is 20.5. The first-order chi connectivity index (χ1) is 10.7. The Morgan fingerprint density at radius 3 is 2.74 bits per heavy atom. The van der Waals surface area contributed by atoms with Crippen LogP contribution >= 0.6 is 0 Å². The van der Waals surface area contributed by atoms with Crippen LogP contribution in [0.3, 0.4) is 0 Å². The van der Waals surface area contributed by atoms with E-state index in [4.69, 9.17) is 0 Å². The number of aromatic nitrogens is 1. The highest BCUT2D eigenvalue weighted by Crippen LogP contribution is 2.59. The van der Waals surface area contributed by atoms with Gasteiger partial charge in [0.15, 0.2) is 5.78 Å². The quantitative estimate of drug-likeness (QED) is 0.864. The zero-order valence-electron chi connectivity index (χ0n) is 13.8. The molecular weight excluding hydrogens is 288 g/mol. The minimum Gasteiger partial charge on any atom is -0.385 e. The van der Waals surface area contributed by atoms with E-state index in [2.05, 4.69) is 18.0 Å². The number of carbonyl (C=O) groups excluding carboxylic acids is 1. The summed E-state index contributed by atoms with van der Waals surface area (Å²) in [4.78, 5) is 16.7. The molecule has 3 atom stereocenters. The third kappa shape index (κ3) is 2.31. The van der Waals surface area contributed by atoms with Crippen LogP contribution in [0.25, 0.3) is 0 Å². The number of Topliss-reactive ketones (excluding diaryl/α,β-unsaturated/α-hetero) is 1. The summed E-state index contributed by atoms with van der Waals surface area (Å²) < 4.78 is 0. The highest BCUT2D eigenvalue weighted by Gasteiger charge is 2.56. The summed E-state index contributed by atoms with van der Waals surface area (Å²) >= 11 is 0. The molecule has 1 aromatic heterocycles. The van der Waals surface area contributed by atoms with E-state index in [0.29, 0.717) is 12.8 Å². The van der Waals surface area contributed by atoms with E-state index < -0.39 is 11.0 Å². The van der Waals surface area contributed by atoms with Crippen molar-refractivity contribution in [1.29, 1.82) is 5.26 Å². The van der Waals surface area contributed by atoms with Gasteiger partial charge in [0.25, 0.3) is 0 Å². The number of fused-ring (bicyclic) bond motifs is 1. The molecule has 1 N–H and O–H groups in total. The number of hydrogen-bond donors (Lipinski definition) is 1. The maximum absolute atomic E-state index is 12.5. The van der Waals surface area contributed by atoms with Gasteiger partial charge in [-0.3, -0.25) is 9.78 Å². The van der Waals surface area contributed by atoms with Gasteiger partial charge in [0.2, 0.25) is 0 Å². The minimum absolute atomic E-state index is 0.0747. The molecule has 4 nitrogen and oxygen atoms in total. The molecule has 0 saturated heterocycles. The second kappa shape index (κ2) is 5.01. The fourth-order valence-electron chi connectivity index (χ4n) is 4.76. The molecule has 4 heteroatoms. The first-order valence-electron chi connectivity index (χ1n) is 8.04. The van der Waals surface area contributed by atoms with Gasteiger partial charge in [-0.2, -0.15) is 5.26 Å². The molecule has 0 aromatic carbocycles. The topological polar surface area (TPSA) is 74.0 Å². The monoisotopic (exact) mass is 310 g/mol. The molecule has 120 valence electrons. The van der Waals surface area contributed by atoms with Crippen LogP contribution in [0, 0.1) is 28.1 Å². The van der Waals surface area contributed by atoms with Crippen molar-refractivity contribution in [2.24, 2.45) is 16.7 Å². The summed E-state index contributed by atoms with van der Waals surface area (Å²) in [5.41, 5.74) is -0.895. The number of pyridine rings is 1. The standard InChI is InChI=1S/C19H22N2O2/c1-17(2)15-6-7-19(23,14-5-4-8-21-11-14)12-18(15,3)9-13(10-20)16(17)22/h4-5,8-9,11,15,23H,6-7,12H2,1-3H3/t15-,18+,19-/m0/s1. The first-order valence-corrected chi connectivity index (χ1v) is 8.04. The minimum atomic E-state index is -0.965. The maximum Gasteiger partial charge on any atom is 0.178 e. The Labute approximate surface area is 136 Å². The number of nitriles is 1. The number of nitrogens with zero attached hydrogens (tertiary/aromatic N) is 2. The number of ketones is 1. The van der Waals surface area contributed by atoms with Gasteiger partial charge in [0, 0.05) is 23.4 Å². The van der Waals surface area contributed by atoms with Crippen molar-refractivity contribution in [3.63, 3.8) is 0 Å². The first kappa shape index (κ1) is 15.9. The van der Waals surface area contributed by atoms with Crippen LogP contribution in [-0.4, -0.2) is 15.9 Å². The van der Waals surface area contributed by atoms with Crippen LogP contribution in [0.1, 0.15) is 45.6 Å². The molecule has 0 spiro atoms. The van der Waals surface area contributed by atoms with Crippen molar-refractivity contribution in [3.8, 4) is 6.07 Å².